The summed E-state index contributed by atoms with van der Waals surface area (Å²) in [6.07, 6.45) is -0.929. The van der Waals surface area contributed by atoms with Gasteiger partial charge in [-0.2, -0.15) is 0 Å². The smallest absolute Gasteiger partial charge is 0.412 e. The minimum absolute atomic E-state index is 0.188. The van der Waals surface area contributed by atoms with Crippen molar-refractivity contribution in [2.24, 2.45) is 0 Å². The van der Waals surface area contributed by atoms with Crippen LogP contribution in [0.4, 0.5) is 14.9 Å². The van der Waals surface area contributed by atoms with Crippen molar-refractivity contribution in [2.75, 3.05) is 11.9 Å². The van der Waals surface area contributed by atoms with E-state index in [9.17, 15) is 19.1 Å². The summed E-state index contributed by atoms with van der Waals surface area (Å²) in [6.45, 7) is 3.77. The second kappa shape index (κ2) is 10.2. The Morgan fingerprint density at radius 3 is 2.48 bits per heavy atom. The lowest BCUT2D eigenvalue weighted by molar-refractivity contribution is -0.131. The summed E-state index contributed by atoms with van der Waals surface area (Å²) in [7, 11) is 0. The van der Waals surface area contributed by atoms with Crippen LogP contribution in [0.3, 0.4) is 0 Å². The Balaban J connectivity index is 2.31. The molecular weight excluding hydrogens is 381 g/mol. The molecule has 0 aliphatic rings. The SMILES string of the molecule is CCO[C@H](/C=C/C(=O)O)[C@H](OC(=O)Nc1ccc(C)cc1)c1ccc(O)c(F)c1. The first kappa shape index (κ1) is 21.9. The number of aryl methyl sites for hydroxylation is 1. The predicted octanol–water partition coefficient (Wildman–Crippen LogP) is 4.18. The van der Waals surface area contributed by atoms with Gasteiger partial charge in [-0.25, -0.2) is 14.0 Å². The highest BCUT2D eigenvalue weighted by Crippen LogP contribution is 2.29. The largest absolute Gasteiger partial charge is 0.505 e. The van der Waals surface area contributed by atoms with E-state index in [1.54, 1.807) is 31.2 Å². The van der Waals surface area contributed by atoms with Crippen molar-refractivity contribution in [1.82, 2.24) is 0 Å². The molecule has 0 saturated carbocycles. The minimum Gasteiger partial charge on any atom is -0.505 e. The molecule has 0 spiro atoms. The zero-order chi connectivity index (χ0) is 21.4. The number of carboxylic acids is 1. The van der Waals surface area contributed by atoms with E-state index in [0.29, 0.717) is 5.69 Å². The lowest BCUT2D eigenvalue weighted by Crippen LogP contribution is -2.28. The number of hydrogen-bond acceptors (Lipinski definition) is 5. The Bertz CT molecular complexity index is 881. The number of amides is 1. The first-order chi connectivity index (χ1) is 13.8. The van der Waals surface area contributed by atoms with Crippen LogP contribution >= 0.6 is 0 Å². The summed E-state index contributed by atoms with van der Waals surface area (Å²) >= 11 is 0. The van der Waals surface area contributed by atoms with Crippen LogP contribution < -0.4 is 5.32 Å². The Morgan fingerprint density at radius 1 is 1.21 bits per heavy atom. The Morgan fingerprint density at radius 2 is 1.90 bits per heavy atom. The van der Waals surface area contributed by atoms with E-state index in [1.807, 2.05) is 6.92 Å². The highest BCUT2D eigenvalue weighted by Gasteiger charge is 2.27. The first-order valence-corrected chi connectivity index (χ1v) is 8.85. The van der Waals surface area contributed by atoms with Gasteiger partial charge in [-0.05, 0) is 49.8 Å². The average molecular weight is 403 g/mol. The van der Waals surface area contributed by atoms with Crippen LogP contribution in [0.5, 0.6) is 5.75 Å². The standard InChI is InChI=1S/C21H22FNO6/c1-3-28-18(10-11-19(25)26)20(14-6-9-17(24)16(22)12-14)29-21(27)23-15-7-4-13(2)5-8-15/h4-12,18,20,24H,3H2,1-2H3,(H,23,27)(H,25,26)/b11-10+/t18-,20-/m1/s1. The van der Waals surface area contributed by atoms with Crippen LogP contribution in [-0.4, -0.2) is 35.0 Å². The summed E-state index contributed by atoms with van der Waals surface area (Å²) in [5.41, 5.74) is 1.69. The lowest BCUT2D eigenvalue weighted by Gasteiger charge is -2.25. The molecule has 1 amide bonds. The van der Waals surface area contributed by atoms with Gasteiger partial charge in [0.05, 0.1) is 0 Å². The van der Waals surface area contributed by atoms with E-state index in [2.05, 4.69) is 5.32 Å². The Kier molecular flexibility index (Phi) is 7.73. The van der Waals surface area contributed by atoms with Gasteiger partial charge >= 0.3 is 12.1 Å². The number of hydrogen-bond donors (Lipinski definition) is 3. The van der Waals surface area contributed by atoms with Crippen molar-refractivity contribution in [1.29, 1.82) is 0 Å². The monoisotopic (exact) mass is 403 g/mol. The topological polar surface area (TPSA) is 105 Å². The third-order valence-corrected chi connectivity index (χ3v) is 3.92. The summed E-state index contributed by atoms with van der Waals surface area (Å²) in [6, 6.07) is 10.5. The maximum absolute atomic E-state index is 13.9. The summed E-state index contributed by atoms with van der Waals surface area (Å²) in [4.78, 5) is 23.3. The summed E-state index contributed by atoms with van der Waals surface area (Å²) in [5, 5.41) is 20.9. The number of ether oxygens (including phenoxy) is 2. The predicted molar refractivity (Wildman–Crippen MR) is 104 cm³/mol. The molecule has 3 N–H and O–H groups in total. The molecule has 2 aromatic carbocycles. The van der Waals surface area contributed by atoms with Crippen molar-refractivity contribution in [2.45, 2.75) is 26.1 Å². The highest BCUT2D eigenvalue weighted by molar-refractivity contribution is 5.84. The quantitative estimate of drug-likeness (QED) is 0.571. The third-order valence-electron chi connectivity index (χ3n) is 3.92. The van der Waals surface area contributed by atoms with Crippen LogP contribution in [0.1, 0.15) is 24.2 Å². The van der Waals surface area contributed by atoms with Crippen LogP contribution in [0.15, 0.2) is 54.6 Å². The molecule has 0 unspecified atom stereocenters. The molecule has 7 nitrogen and oxygen atoms in total. The fraction of sp³-hybridized carbons (Fsp3) is 0.238. The number of carboxylic acid groups (broad SMARTS) is 1. The normalized spacial score (nSPS) is 13.1. The van der Waals surface area contributed by atoms with Crippen molar-refractivity contribution in [3.63, 3.8) is 0 Å². The van der Waals surface area contributed by atoms with Gasteiger partial charge in [0.1, 0.15) is 6.10 Å². The molecular formula is C21H22FNO6. The second-order valence-corrected chi connectivity index (χ2v) is 6.15. The molecule has 2 rings (SSSR count). The maximum Gasteiger partial charge on any atom is 0.412 e. The van der Waals surface area contributed by atoms with Crippen LogP contribution in [0.25, 0.3) is 0 Å². The molecule has 0 aromatic heterocycles. The molecule has 0 bridgehead atoms. The fourth-order valence-corrected chi connectivity index (χ4v) is 2.54. The molecule has 0 radical (unpaired) electrons. The number of carbonyl (C=O) groups excluding carboxylic acids is 1. The number of phenols is 1. The van der Waals surface area contributed by atoms with Gasteiger partial charge in [0.2, 0.25) is 0 Å². The highest BCUT2D eigenvalue weighted by atomic mass is 19.1. The minimum atomic E-state index is -1.21. The first-order valence-electron chi connectivity index (χ1n) is 8.85. The second-order valence-electron chi connectivity index (χ2n) is 6.15. The molecule has 0 heterocycles. The van der Waals surface area contributed by atoms with Gasteiger partial charge in [0, 0.05) is 18.4 Å². The molecule has 154 valence electrons. The van der Waals surface area contributed by atoms with Gasteiger partial charge in [-0.15, -0.1) is 0 Å². The van der Waals surface area contributed by atoms with E-state index >= 15 is 0 Å². The fourth-order valence-electron chi connectivity index (χ4n) is 2.54. The number of aliphatic carboxylic acids is 1. The number of nitrogens with one attached hydrogen (secondary N) is 1. The number of benzene rings is 2. The Labute approximate surface area is 167 Å². The molecule has 2 aromatic rings. The van der Waals surface area contributed by atoms with Crippen LogP contribution in [-0.2, 0) is 14.3 Å². The molecule has 2 atom stereocenters. The van der Waals surface area contributed by atoms with Gasteiger partial charge < -0.3 is 19.7 Å². The molecule has 29 heavy (non-hydrogen) atoms. The van der Waals surface area contributed by atoms with Crippen LogP contribution in [0.2, 0.25) is 0 Å². The van der Waals surface area contributed by atoms with E-state index in [4.69, 9.17) is 14.6 Å². The van der Waals surface area contributed by atoms with Crippen molar-refractivity contribution in [3.8, 4) is 5.75 Å². The van der Waals surface area contributed by atoms with E-state index in [-0.39, 0.29) is 12.2 Å². The maximum atomic E-state index is 13.9. The molecule has 0 saturated heterocycles. The van der Waals surface area contributed by atoms with Crippen molar-refractivity contribution in [3.05, 3.63) is 71.6 Å². The van der Waals surface area contributed by atoms with E-state index in [0.717, 1.165) is 23.8 Å². The van der Waals surface area contributed by atoms with Gasteiger partial charge in [0.15, 0.2) is 17.7 Å². The van der Waals surface area contributed by atoms with Crippen molar-refractivity contribution >= 4 is 17.7 Å². The third kappa shape index (κ3) is 6.62. The summed E-state index contributed by atoms with van der Waals surface area (Å²) in [5.74, 6) is -2.69. The average Bonchev–Trinajstić information content (AvgIpc) is 2.67. The number of anilines is 1. The van der Waals surface area contributed by atoms with Crippen molar-refractivity contribution < 1.29 is 33.7 Å². The molecule has 0 aliphatic heterocycles. The number of carbonyl (C=O) groups is 2. The van der Waals surface area contributed by atoms with Gasteiger partial charge in [-0.3, -0.25) is 5.32 Å². The zero-order valence-electron chi connectivity index (χ0n) is 16.0. The number of aromatic hydroxyl groups is 1. The molecule has 8 heteroatoms. The lowest BCUT2D eigenvalue weighted by atomic mass is 10.0. The molecule has 0 aliphatic carbocycles. The number of rotatable bonds is 8. The summed E-state index contributed by atoms with van der Waals surface area (Å²) < 4.78 is 24.8. The van der Waals surface area contributed by atoms with Gasteiger partial charge in [-0.1, -0.05) is 23.8 Å². The molecule has 0 fully saturated rings. The van der Waals surface area contributed by atoms with E-state index < -0.39 is 35.8 Å². The Hall–Kier alpha value is -3.39. The van der Waals surface area contributed by atoms with Gasteiger partial charge in [0.25, 0.3) is 0 Å². The number of phenolic OH excluding ortho intramolecular Hbond substituents is 1. The number of halogens is 1. The van der Waals surface area contributed by atoms with E-state index in [1.165, 1.54) is 12.1 Å². The zero-order valence-corrected chi connectivity index (χ0v) is 16.0. The van der Waals surface area contributed by atoms with Crippen LogP contribution in [0, 0.1) is 12.7 Å².